The third-order valence-corrected chi connectivity index (χ3v) is 3.48. The number of benzene rings is 1. The number of ether oxygens (including phenoxy) is 1. The van der Waals surface area contributed by atoms with Crippen LogP contribution in [0.15, 0.2) is 36.4 Å². The first-order valence-electron chi connectivity index (χ1n) is 6.59. The van der Waals surface area contributed by atoms with Crippen LogP contribution in [0.3, 0.4) is 0 Å². The molecular formula is C16H17ClN2O2. The maximum Gasteiger partial charge on any atom is 0.339 e. The third-order valence-electron chi connectivity index (χ3n) is 3.23. The number of aryl methyl sites for hydroxylation is 1. The summed E-state index contributed by atoms with van der Waals surface area (Å²) >= 11 is 5.88. The number of esters is 1. The Morgan fingerprint density at radius 1 is 1.24 bits per heavy atom. The first-order chi connectivity index (χ1) is 10.0. The molecule has 0 saturated carbocycles. The van der Waals surface area contributed by atoms with Crippen molar-refractivity contribution < 1.29 is 9.53 Å². The number of methoxy groups -OCH3 is 1. The van der Waals surface area contributed by atoms with Crippen LogP contribution in [0, 0.1) is 6.92 Å². The van der Waals surface area contributed by atoms with Crippen molar-refractivity contribution in [3.63, 3.8) is 0 Å². The lowest BCUT2D eigenvalue weighted by Gasteiger charge is -2.16. The molecule has 21 heavy (non-hydrogen) atoms. The molecule has 1 heterocycles. The lowest BCUT2D eigenvalue weighted by atomic mass is 10.1. The minimum Gasteiger partial charge on any atom is -0.465 e. The van der Waals surface area contributed by atoms with Crippen LogP contribution in [0.25, 0.3) is 0 Å². The molecule has 0 spiro atoms. The average molecular weight is 305 g/mol. The summed E-state index contributed by atoms with van der Waals surface area (Å²) in [6.07, 6.45) is 0. The van der Waals surface area contributed by atoms with E-state index in [1.807, 2.05) is 31.2 Å². The van der Waals surface area contributed by atoms with E-state index in [9.17, 15) is 4.79 Å². The molecular weight excluding hydrogens is 288 g/mol. The van der Waals surface area contributed by atoms with Gasteiger partial charge in [0, 0.05) is 11.1 Å². The van der Waals surface area contributed by atoms with E-state index in [0.29, 0.717) is 22.1 Å². The van der Waals surface area contributed by atoms with Crippen molar-refractivity contribution in [2.45, 2.75) is 19.9 Å². The fourth-order valence-electron chi connectivity index (χ4n) is 2.02. The largest absolute Gasteiger partial charge is 0.465 e. The van der Waals surface area contributed by atoms with E-state index in [2.05, 4.69) is 10.3 Å². The molecule has 0 aliphatic rings. The SMILES string of the molecule is COC(=O)c1ccc(NC(C)c2ccc(Cl)cc2)nc1C. The number of halogens is 1. The summed E-state index contributed by atoms with van der Waals surface area (Å²) in [7, 11) is 1.36. The average Bonchev–Trinajstić information content (AvgIpc) is 2.47. The summed E-state index contributed by atoms with van der Waals surface area (Å²) < 4.78 is 4.71. The number of aromatic nitrogens is 1. The van der Waals surface area contributed by atoms with Crippen molar-refractivity contribution in [3.8, 4) is 0 Å². The summed E-state index contributed by atoms with van der Waals surface area (Å²) in [6.45, 7) is 3.82. The van der Waals surface area contributed by atoms with Crippen LogP contribution < -0.4 is 5.32 Å². The van der Waals surface area contributed by atoms with Crippen molar-refractivity contribution in [2.24, 2.45) is 0 Å². The first kappa shape index (κ1) is 15.3. The summed E-state index contributed by atoms with van der Waals surface area (Å²) in [5.41, 5.74) is 2.22. The maximum absolute atomic E-state index is 11.5. The van der Waals surface area contributed by atoms with Crippen LogP contribution >= 0.6 is 11.6 Å². The second-order valence-electron chi connectivity index (χ2n) is 4.74. The van der Waals surface area contributed by atoms with E-state index in [1.54, 1.807) is 19.1 Å². The first-order valence-corrected chi connectivity index (χ1v) is 6.97. The minimum absolute atomic E-state index is 0.0816. The van der Waals surface area contributed by atoms with Gasteiger partial charge in [-0.1, -0.05) is 23.7 Å². The van der Waals surface area contributed by atoms with E-state index < -0.39 is 0 Å². The highest BCUT2D eigenvalue weighted by Gasteiger charge is 2.12. The zero-order valence-electron chi connectivity index (χ0n) is 12.2. The Bertz CT molecular complexity index is 641. The van der Waals surface area contributed by atoms with Crippen LogP contribution in [-0.4, -0.2) is 18.1 Å². The highest BCUT2D eigenvalue weighted by molar-refractivity contribution is 6.30. The molecule has 110 valence electrons. The number of anilines is 1. The molecule has 4 nitrogen and oxygen atoms in total. The molecule has 0 fully saturated rings. The molecule has 1 atom stereocenters. The number of nitrogens with zero attached hydrogens (tertiary/aromatic N) is 1. The Balaban J connectivity index is 2.14. The molecule has 0 amide bonds. The maximum atomic E-state index is 11.5. The molecule has 1 aromatic heterocycles. The normalized spacial score (nSPS) is 11.8. The van der Waals surface area contributed by atoms with Crippen LogP contribution in [0.5, 0.6) is 0 Å². The standard InChI is InChI=1S/C16H17ClN2O2/c1-10(12-4-6-13(17)7-5-12)18-15-9-8-14(11(2)19-15)16(20)21-3/h4-10H,1-3H3,(H,18,19). The monoisotopic (exact) mass is 304 g/mol. The van der Waals surface area contributed by atoms with Crippen LogP contribution in [-0.2, 0) is 4.74 Å². The van der Waals surface area contributed by atoms with Gasteiger partial charge in [0.2, 0.25) is 0 Å². The molecule has 5 heteroatoms. The minimum atomic E-state index is -0.378. The summed E-state index contributed by atoms with van der Waals surface area (Å²) in [6, 6.07) is 11.2. The van der Waals surface area contributed by atoms with E-state index in [0.717, 1.165) is 5.56 Å². The Morgan fingerprint density at radius 3 is 2.48 bits per heavy atom. The number of pyridine rings is 1. The van der Waals surface area contributed by atoms with Crippen molar-refractivity contribution >= 4 is 23.4 Å². The van der Waals surface area contributed by atoms with Crippen molar-refractivity contribution in [1.82, 2.24) is 4.98 Å². The molecule has 1 aromatic carbocycles. The van der Waals surface area contributed by atoms with E-state index in [4.69, 9.17) is 16.3 Å². The van der Waals surface area contributed by atoms with E-state index in [1.165, 1.54) is 7.11 Å². The van der Waals surface area contributed by atoms with Crippen molar-refractivity contribution in [1.29, 1.82) is 0 Å². The van der Waals surface area contributed by atoms with Crippen LogP contribution in [0.1, 0.15) is 34.6 Å². The van der Waals surface area contributed by atoms with Crippen molar-refractivity contribution in [2.75, 3.05) is 12.4 Å². The summed E-state index contributed by atoms with van der Waals surface area (Å²) in [5.74, 6) is 0.333. The smallest absolute Gasteiger partial charge is 0.339 e. The van der Waals surface area contributed by atoms with Gasteiger partial charge in [0.15, 0.2) is 0 Å². The van der Waals surface area contributed by atoms with Gasteiger partial charge in [-0.3, -0.25) is 0 Å². The number of nitrogens with one attached hydrogen (secondary N) is 1. The lowest BCUT2D eigenvalue weighted by molar-refractivity contribution is 0.0599. The van der Waals surface area contributed by atoms with Gasteiger partial charge in [0.25, 0.3) is 0 Å². The van der Waals surface area contributed by atoms with Gasteiger partial charge in [-0.15, -0.1) is 0 Å². The number of hydrogen-bond acceptors (Lipinski definition) is 4. The van der Waals surface area contributed by atoms with Gasteiger partial charge in [0.1, 0.15) is 5.82 Å². The molecule has 0 aliphatic carbocycles. The van der Waals surface area contributed by atoms with Crippen LogP contribution in [0.4, 0.5) is 5.82 Å². The highest BCUT2D eigenvalue weighted by Crippen LogP contribution is 2.21. The fraction of sp³-hybridized carbons (Fsp3) is 0.250. The van der Waals surface area contributed by atoms with E-state index in [-0.39, 0.29) is 12.0 Å². The van der Waals surface area contributed by atoms with Crippen LogP contribution in [0.2, 0.25) is 5.02 Å². The number of hydrogen-bond donors (Lipinski definition) is 1. The number of rotatable bonds is 4. The predicted octanol–water partition coefficient (Wildman–Crippen LogP) is 4.00. The lowest BCUT2D eigenvalue weighted by Crippen LogP contribution is -2.10. The Morgan fingerprint density at radius 2 is 1.90 bits per heavy atom. The molecule has 0 aliphatic heterocycles. The van der Waals surface area contributed by atoms with E-state index >= 15 is 0 Å². The predicted molar refractivity (Wildman–Crippen MR) is 83.8 cm³/mol. The molecule has 2 aromatic rings. The second kappa shape index (κ2) is 6.59. The zero-order chi connectivity index (χ0) is 15.4. The molecule has 0 bridgehead atoms. The second-order valence-corrected chi connectivity index (χ2v) is 5.18. The number of carbonyl (C=O) groups is 1. The van der Waals surface area contributed by atoms with Gasteiger partial charge >= 0.3 is 5.97 Å². The highest BCUT2D eigenvalue weighted by atomic mass is 35.5. The Kier molecular flexibility index (Phi) is 4.81. The summed E-state index contributed by atoms with van der Waals surface area (Å²) in [5, 5.41) is 4.01. The quantitative estimate of drug-likeness (QED) is 0.867. The Labute approximate surface area is 129 Å². The molecule has 1 N–H and O–H groups in total. The Hall–Kier alpha value is -2.07. The molecule has 0 saturated heterocycles. The topological polar surface area (TPSA) is 51.2 Å². The van der Waals surface area contributed by atoms with Gasteiger partial charge in [-0.2, -0.15) is 0 Å². The third kappa shape index (κ3) is 3.73. The molecule has 2 rings (SSSR count). The zero-order valence-corrected chi connectivity index (χ0v) is 12.9. The fourth-order valence-corrected chi connectivity index (χ4v) is 2.15. The molecule has 0 radical (unpaired) electrons. The number of carbonyl (C=O) groups excluding carboxylic acids is 1. The van der Waals surface area contributed by atoms with Crippen molar-refractivity contribution in [3.05, 3.63) is 58.2 Å². The van der Waals surface area contributed by atoms with Gasteiger partial charge in [-0.05, 0) is 43.7 Å². The van der Waals surface area contributed by atoms with Gasteiger partial charge < -0.3 is 10.1 Å². The van der Waals surface area contributed by atoms with Gasteiger partial charge in [0.05, 0.1) is 18.4 Å². The molecule has 1 unspecified atom stereocenters. The summed E-state index contributed by atoms with van der Waals surface area (Å²) in [4.78, 5) is 15.9. The van der Waals surface area contributed by atoms with Gasteiger partial charge in [-0.25, -0.2) is 9.78 Å².